The number of carbonyl (C=O) groups excluding carboxylic acids is 1. The molecule has 5 nitrogen and oxygen atoms in total. The van der Waals surface area contributed by atoms with Crippen molar-refractivity contribution in [3.05, 3.63) is 69.8 Å². The lowest BCUT2D eigenvalue weighted by Gasteiger charge is -2.09. The standard InChI is InChI=1S/C17H14FN3O2/c1-10-4-3-5-12(8-10)19-17(23)15-16(22)13-9-11(18)6-7-14(13)21(2)20-15/h3-9H,1-2H3,(H,19,23). The van der Waals surface area contributed by atoms with Gasteiger partial charge < -0.3 is 5.32 Å². The fourth-order valence-corrected chi connectivity index (χ4v) is 2.41. The summed E-state index contributed by atoms with van der Waals surface area (Å²) in [7, 11) is 1.60. The van der Waals surface area contributed by atoms with E-state index >= 15 is 0 Å². The first-order valence-electron chi connectivity index (χ1n) is 7.00. The smallest absolute Gasteiger partial charge is 0.280 e. The molecular formula is C17H14FN3O2. The third kappa shape index (κ3) is 2.83. The minimum atomic E-state index is -0.623. The number of nitrogens with one attached hydrogen (secondary N) is 1. The number of amides is 1. The van der Waals surface area contributed by atoms with Gasteiger partial charge in [0.2, 0.25) is 5.43 Å². The Balaban J connectivity index is 2.07. The van der Waals surface area contributed by atoms with E-state index in [1.165, 1.54) is 16.8 Å². The molecular weight excluding hydrogens is 297 g/mol. The normalized spacial score (nSPS) is 10.7. The Hall–Kier alpha value is -3.02. The molecule has 0 bridgehead atoms. The SMILES string of the molecule is Cc1cccc(NC(=O)c2nn(C)c3ccc(F)cc3c2=O)c1. The molecule has 1 aromatic heterocycles. The molecule has 1 N–H and O–H groups in total. The summed E-state index contributed by atoms with van der Waals surface area (Å²) in [5.41, 5.74) is 1.14. The van der Waals surface area contributed by atoms with Crippen molar-refractivity contribution in [2.75, 3.05) is 5.32 Å². The Morgan fingerprint density at radius 3 is 2.74 bits per heavy atom. The first kappa shape index (κ1) is 14.9. The van der Waals surface area contributed by atoms with Crippen LogP contribution in [0, 0.1) is 12.7 Å². The van der Waals surface area contributed by atoms with Gasteiger partial charge in [-0.05, 0) is 42.8 Å². The van der Waals surface area contributed by atoms with Crippen molar-refractivity contribution in [2.24, 2.45) is 7.05 Å². The highest BCUT2D eigenvalue weighted by molar-refractivity contribution is 6.04. The van der Waals surface area contributed by atoms with Crippen LogP contribution in [0.1, 0.15) is 16.1 Å². The van der Waals surface area contributed by atoms with Crippen LogP contribution >= 0.6 is 0 Å². The van der Waals surface area contributed by atoms with Crippen LogP contribution in [0.4, 0.5) is 10.1 Å². The first-order chi connectivity index (χ1) is 11.0. The van der Waals surface area contributed by atoms with E-state index in [0.717, 1.165) is 11.6 Å². The number of nitrogens with zero attached hydrogens (tertiary/aromatic N) is 2. The van der Waals surface area contributed by atoms with E-state index in [0.29, 0.717) is 11.2 Å². The Bertz CT molecular complexity index is 979. The number of benzene rings is 2. The van der Waals surface area contributed by atoms with E-state index in [2.05, 4.69) is 10.4 Å². The van der Waals surface area contributed by atoms with Gasteiger partial charge in [-0.25, -0.2) is 4.39 Å². The lowest BCUT2D eigenvalue weighted by molar-refractivity contribution is 0.101. The van der Waals surface area contributed by atoms with Crippen LogP contribution in [0.25, 0.3) is 10.9 Å². The predicted molar refractivity (Wildman–Crippen MR) is 86.1 cm³/mol. The molecule has 0 fully saturated rings. The van der Waals surface area contributed by atoms with Crippen molar-refractivity contribution in [1.82, 2.24) is 9.78 Å². The highest BCUT2D eigenvalue weighted by Gasteiger charge is 2.17. The lowest BCUT2D eigenvalue weighted by Crippen LogP contribution is -2.26. The Labute approximate surface area is 131 Å². The van der Waals surface area contributed by atoms with Gasteiger partial charge in [0, 0.05) is 12.7 Å². The molecule has 3 aromatic rings. The molecule has 0 saturated carbocycles. The molecule has 1 amide bonds. The van der Waals surface area contributed by atoms with Crippen molar-refractivity contribution in [2.45, 2.75) is 6.92 Å². The molecule has 23 heavy (non-hydrogen) atoms. The van der Waals surface area contributed by atoms with Crippen molar-refractivity contribution in [3.8, 4) is 0 Å². The number of hydrogen-bond donors (Lipinski definition) is 1. The minimum absolute atomic E-state index is 0.122. The molecule has 2 aromatic carbocycles. The molecule has 0 spiro atoms. The summed E-state index contributed by atoms with van der Waals surface area (Å²) >= 11 is 0. The van der Waals surface area contributed by atoms with Crippen molar-refractivity contribution >= 4 is 22.5 Å². The number of carbonyl (C=O) groups is 1. The maximum Gasteiger partial charge on any atom is 0.280 e. The van der Waals surface area contributed by atoms with Gasteiger partial charge in [-0.1, -0.05) is 12.1 Å². The zero-order chi connectivity index (χ0) is 16.6. The summed E-state index contributed by atoms with van der Waals surface area (Å²) in [5, 5.41) is 6.78. The van der Waals surface area contributed by atoms with E-state index in [4.69, 9.17) is 0 Å². The highest BCUT2D eigenvalue weighted by Crippen LogP contribution is 2.13. The molecule has 1 heterocycles. The van der Waals surface area contributed by atoms with Crippen molar-refractivity contribution < 1.29 is 9.18 Å². The maximum absolute atomic E-state index is 13.4. The monoisotopic (exact) mass is 311 g/mol. The van der Waals surface area contributed by atoms with Crippen molar-refractivity contribution in [1.29, 1.82) is 0 Å². The fourth-order valence-electron chi connectivity index (χ4n) is 2.41. The topological polar surface area (TPSA) is 64.0 Å². The summed E-state index contributed by atoms with van der Waals surface area (Å²) in [6.45, 7) is 1.89. The van der Waals surface area contributed by atoms with Gasteiger partial charge in [0.15, 0.2) is 5.69 Å². The average Bonchev–Trinajstić information content (AvgIpc) is 2.50. The van der Waals surface area contributed by atoms with Crippen LogP contribution < -0.4 is 10.7 Å². The maximum atomic E-state index is 13.4. The van der Waals surface area contributed by atoms with Gasteiger partial charge in [-0.2, -0.15) is 5.10 Å². The Morgan fingerprint density at radius 1 is 1.22 bits per heavy atom. The number of fused-ring (bicyclic) bond motifs is 1. The van der Waals surface area contributed by atoms with Gasteiger partial charge in [-0.3, -0.25) is 14.3 Å². The summed E-state index contributed by atoms with van der Waals surface area (Å²) in [4.78, 5) is 24.8. The molecule has 0 atom stereocenters. The second-order valence-electron chi connectivity index (χ2n) is 5.29. The van der Waals surface area contributed by atoms with Gasteiger partial charge >= 0.3 is 0 Å². The summed E-state index contributed by atoms with van der Waals surface area (Å²) in [5.74, 6) is -1.16. The van der Waals surface area contributed by atoms with E-state index in [9.17, 15) is 14.0 Å². The number of hydrogen-bond acceptors (Lipinski definition) is 3. The van der Waals surface area contributed by atoms with E-state index in [1.807, 2.05) is 13.0 Å². The van der Waals surface area contributed by atoms with Crippen LogP contribution in [0.5, 0.6) is 0 Å². The molecule has 0 aliphatic rings. The zero-order valence-corrected chi connectivity index (χ0v) is 12.6. The van der Waals surface area contributed by atoms with Gasteiger partial charge in [0.25, 0.3) is 5.91 Å². The molecule has 3 rings (SSSR count). The van der Waals surface area contributed by atoms with Gasteiger partial charge in [-0.15, -0.1) is 0 Å². The summed E-state index contributed by atoms with van der Waals surface area (Å²) < 4.78 is 14.8. The first-order valence-corrected chi connectivity index (χ1v) is 7.00. The van der Waals surface area contributed by atoms with Crippen molar-refractivity contribution in [3.63, 3.8) is 0 Å². The Morgan fingerprint density at radius 2 is 2.00 bits per heavy atom. The van der Waals surface area contributed by atoms with Gasteiger partial charge in [0.05, 0.1) is 10.9 Å². The molecule has 0 aliphatic heterocycles. The number of rotatable bonds is 2. The second kappa shape index (κ2) is 5.64. The second-order valence-corrected chi connectivity index (χ2v) is 5.29. The highest BCUT2D eigenvalue weighted by atomic mass is 19.1. The molecule has 6 heteroatoms. The number of aryl methyl sites for hydroxylation is 2. The zero-order valence-electron chi connectivity index (χ0n) is 12.6. The van der Waals surface area contributed by atoms with Crippen LogP contribution in [-0.4, -0.2) is 15.7 Å². The van der Waals surface area contributed by atoms with Gasteiger partial charge in [0.1, 0.15) is 5.82 Å². The molecule has 0 aliphatic carbocycles. The summed E-state index contributed by atoms with van der Waals surface area (Å²) in [6.07, 6.45) is 0. The Kier molecular flexibility index (Phi) is 3.65. The molecule has 0 radical (unpaired) electrons. The fraction of sp³-hybridized carbons (Fsp3) is 0.118. The predicted octanol–water partition coefficient (Wildman–Crippen LogP) is 2.63. The lowest BCUT2D eigenvalue weighted by atomic mass is 10.2. The van der Waals surface area contributed by atoms with Crippen LogP contribution in [-0.2, 0) is 7.05 Å². The third-order valence-corrected chi connectivity index (χ3v) is 3.51. The molecule has 116 valence electrons. The average molecular weight is 311 g/mol. The quantitative estimate of drug-likeness (QED) is 0.791. The molecule has 0 saturated heterocycles. The number of anilines is 1. The third-order valence-electron chi connectivity index (χ3n) is 3.51. The molecule has 0 unspecified atom stereocenters. The van der Waals surface area contributed by atoms with E-state index < -0.39 is 17.2 Å². The van der Waals surface area contributed by atoms with Crippen LogP contribution in [0.3, 0.4) is 0 Å². The van der Waals surface area contributed by atoms with Crippen LogP contribution in [0.15, 0.2) is 47.3 Å². The number of halogens is 1. The summed E-state index contributed by atoms with van der Waals surface area (Å²) in [6, 6.07) is 11.0. The number of aromatic nitrogens is 2. The van der Waals surface area contributed by atoms with E-state index in [-0.39, 0.29) is 11.1 Å². The largest absolute Gasteiger partial charge is 0.320 e. The minimum Gasteiger partial charge on any atom is -0.320 e. The van der Waals surface area contributed by atoms with E-state index in [1.54, 1.807) is 25.2 Å². The van der Waals surface area contributed by atoms with Crippen LogP contribution in [0.2, 0.25) is 0 Å².